The van der Waals surface area contributed by atoms with Gasteiger partial charge in [0.1, 0.15) is 9.53 Å². The summed E-state index contributed by atoms with van der Waals surface area (Å²) in [4.78, 5) is 36.0. The lowest BCUT2D eigenvalue weighted by Crippen LogP contribution is -2.41. The number of pyridine rings is 1. The first kappa shape index (κ1) is 22.5. The van der Waals surface area contributed by atoms with E-state index in [-0.39, 0.29) is 28.7 Å². The number of nitrogens with zero attached hydrogens (tertiary/aromatic N) is 3. The molecule has 4 rings (SSSR count). The third-order valence-corrected chi connectivity index (χ3v) is 7.06. The van der Waals surface area contributed by atoms with Gasteiger partial charge in [0.15, 0.2) is 5.16 Å². The molecular formula is C24H26N4O2S2. The average Bonchev–Trinajstić information content (AvgIpc) is 3.13. The van der Waals surface area contributed by atoms with Gasteiger partial charge in [-0.05, 0) is 44.4 Å². The highest BCUT2D eigenvalue weighted by atomic mass is 32.2. The zero-order valence-electron chi connectivity index (χ0n) is 18.6. The van der Waals surface area contributed by atoms with E-state index in [1.54, 1.807) is 10.8 Å². The predicted molar refractivity (Wildman–Crippen MR) is 133 cm³/mol. The number of thiophene rings is 1. The van der Waals surface area contributed by atoms with Crippen molar-refractivity contribution in [3.63, 3.8) is 0 Å². The molecule has 0 saturated carbocycles. The third kappa shape index (κ3) is 4.86. The molecule has 0 radical (unpaired) electrons. The minimum Gasteiger partial charge on any atom is -0.351 e. The fraction of sp³-hybridized carbons (Fsp3) is 0.333. The number of aromatic nitrogens is 3. The smallest absolute Gasteiger partial charge is 0.272 e. The summed E-state index contributed by atoms with van der Waals surface area (Å²) in [5.74, 6) is 0.217. The van der Waals surface area contributed by atoms with Gasteiger partial charge in [-0.15, -0.1) is 11.3 Å². The van der Waals surface area contributed by atoms with Crippen molar-refractivity contribution >= 4 is 49.4 Å². The van der Waals surface area contributed by atoms with E-state index in [1.807, 2.05) is 51.1 Å². The normalized spacial score (nSPS) is 12.9. The Balaban J connectivity index is 1.75. The molecule has 0 fully saturated rings. The highest BCUT2D eigenvalue weighted by molar-refractivity contribution is 7.99. The summed E-state index contributed by atoms with van der Waals surface area (Å²) >= 11 is 2.67. The summed E-state index contributed by atoms with van der Waals surface area (Å²) in [7, 11) is 0. The van der Waals surface area contributed by atoms with Gasteiger partial charge in [0.2, 0.25) is 5.91 Å². The van der Waals surface area contributed by atoms with Gasteiger partial charge >= 0.3 is 0 Å². The van der Waals surface area contributed by atoms with Crippen molar-refractivity contribution in [2.24, 2.45) is 0 Å². The van der Waals surface area contributed by atoms with Gasteiger partial charge in [0.25, 0.3) is 5.56 Å². The van der Waals surface area contributed by atoms with Gasteiger partial charge in [-0.2, -0.15) is 0 Å². The quantitative estimate of drug-likeness (QED) is 0.326. The third-order valence-electron chi connectivity index (χ3n) is 4.99. The zero-order valence-corrected chi connectivity index (χ0v) is 20.2. The Hall–Kier alpha value is -2.71. The van der Waals surface area contributed by atoms with Crippen molar-refractivity contribution in [2.45, 2.75) is 50.9 Å². The first-order chi connectivity index (χ1) is 15.2. The van der Waals surface area contributed by atoms with Crippen LogP contribution in [0.3, 0.4) is 0 Å². The van der Waals surface area contributed by atoms with E-state index in [0.29, 0.717) is 21.9 Å². The first-order valence-electron chi connectivity index (χ1n) is 10.5. The molecule has 0 saturated heterocycles. The molecule has 1 N–H and O–H groups in total. The van der Waals surface area contributed by atoms with Crippen molar-refractivity contribution in [1.29, 1.82) is 0 Å². The summed E-state index contributed by atoms with van der Waals surface area (Å²) in [5.41, 5.74) is 1.41. The highest BCUT2D eigenvalue weighted by Crippen LogP contribution is 2.31. The number of amides is 1. The van der Waals surface area contributed by atoms with Crippen molar-refractivity contribution in [2.75, 3.05) is 5.75 Å². The van der Waals surface area contributed by atoms with Crippen LogP contribution in [0.15, 0.2) is 58.6 Å². The molecule has 3 heterocycles. The maximum atomic E-state index is 13.6. The van der Waals surface area contributed by atoms with Crippen molar-refractivity contribution in [3.05, 3.63) is 64.6 Å². The molecule has 0 spiro atoms. The van der Waals surface area contributed by atoms with E-state index in [4.69, 9.17) is 4.98 Å². The van der Waals surface area contributed by atoms with Crippen LogP contribution in [0.25, 0.3) is 20.4 Å². The Morgan fingerprint density at radius 3 is 2.66 bits per heavy atom. The average molecular weight is 467 g/mol. The predicted octanol–water partition coefficient (Wildman–Crippen LogP) is 4.82. The number of benzene rings is 1. The van der Waals surface area contributed by atoms with Crippen molar-refractivity contribution in [1.82, 2.24) is 19.9 Å². The van der Waals surface area contributed by atoms with Crippen molar-refractivity contribution in [3.8, 4) is 0 Å². The van der Waals surface area contributed by atoms with E-state index in [1.165, 1.54) is 23.1 Å². The number of fused-ring (bicyclic) bond motifs is 3. The highest BCUT2D eigenvalue weighted by Gasteiger charge is 2.20. The summed E-state index contributed by atoms with van der Waals surface area (Å²) < 4.78 is 2.31. The largest absolute Gasteiger partial charge is 0.351 e. The van der Waals surface area contributed by atoms with Crippen LogP contribution >= 0.6 is 23.1 Å². The maximum Gasteiger partial charge on any atom is 0.272 e. The SMILES string of the molecule is CC(Cn1c(SCC(=O)NC(C)(C)C)nc2c(sc3ncccc32)c1=O)c1ccccc1. The molecule has 0 bridgehead atoms. The van der Waals surface area contributed by atoms with Gasteiger partial charge < -0.3 is 5.32 Å². The second-order valence-corrected chi connectivity index (χ2v) is 10.8. The van der Waals surface area contributed by atoms with E-state index >= 15 is 0 Å². The van der Waals surface area contributed by atoms with Crippen LogP contribution in [-0.2, 0) is 11.3 Å². The molecule has 8 heteroatoms. The van der Waals surface area contributed by atoms with Gasteiger partial charge in [-0.1, -0.05) is 49.0 Å². The molecule has 6 nitrogen and oxygen atoms in total. The molecule has 32 heavy (non-hydrogen) atoms. The Bertz CT molecular complexity index is 1320. The molecule has 1 amide bonds. The number of carbonyl (C=O) groups excluding carboxylic acids is 1. The fourth-order valence-electron chi connectivity index (χ4n) is 3.56. The molecule has 166 valence electrons. The van der Waals surface area contributed by atoms with Crippen LogP contribution in [0.1, 0.15) is 39.2 Å². The lowest BCUT2D eigenvalue weighted by atomic mass is 10.0. The second kappa shape index (κ2) is 9.03. The van der Waals surface area contributed by atoms with Gasteiger partial charge in [0, 0.05) is 23.7 Å². The summed E-state index contributed by atoms with van der Waals surface area (Å²) in [5, 5.41) is 4.39. The molecule has 4 aromatic rings. The summed E-state index contributed by atoms with van der Waals surface area (Å²) in [6.45, 7) is 8.42. The minimum absolute atomic E-state index is 0.0838. The van der Waals surface area contributed by atoms with Gasteiger partial charge in [0.05, 0.1) is 11.3 Å². The Morgan fingerprint density at radius 1 is 1.19 bits per heavy atom. The number of rotatable bonds is 6. The van der Waals surface area contributed by atoms with Gasteiger partial charge in [-0.25, -0.2) is 9.97 Å². The zero-order chi connectivity index (χ0) is 22.9. The van der Waals surface area contributed by atoms with Crippen molar-refractivity contribution < 1.29 is 4.79 Å². The lowest BCUT2D eigenvalue weighted by Gasteiger charge is -2.21. The molecule has 1 unspecified atom stereocenters. The molecule has 0 aliphatic carbocycles. The number of nitrogens with one attached hydrogen (secondary N) is 1. The van der Waals surface area contributed by atoms with Crippen LogP contribution < -0.4 is 10.9 Å². The monoisotopic (exact) mass is 466 g/mol. The van der Waals surface area contributed by atoms with E-state index in [0.717, 1.165) is 15.8 Å². The molecule has 0 aliphatic heterocycles. The second-order valence-electron chi connectivity index (χ2n) is 8.84. The molecule has 0 aliphatic rings. The molecule has 3 aromatic heterocycles. The number of hydrogen-bond donors (Lipinski definition) is 1. The maximum absolute atomic E-state index is 13.6. The Morgan fingerprint density at radius 2 is 1.94 bits per heavy atom. The van der Waals surface area contributed by atoms with Crippen LogP contribution in [-0.4, -0.2) is 31.7 Å². The first-order valence-corrected chi connectivity index (χ1v) is 12.3. The fourth-order valence-corrected chi connectivity index (χ4v) is 5.39. The minimum atomic E-state index is -0.314. The standard InChI is InChI=1S/C24H26N4O2S2/c1-15(16-9-6-5-7-10-16)13-28-22(30)20-19(17-11-8-12-25-21(17)32-20)26-23(28)31-14-18(29)27-24(2,3)4/h5-12,15H,13-14H2,1-4H3,(H,27,29). The van der Waals surface area contributed by atoms with E-state index in [9.17, 15) is 9.59 Å². The Kier molecular flexibility index (Phi) is 6.35. The summed E-state index contributed by atoms with van der Waals surface area (Å²) in [6, 6.07) is 13.9. The lowest BCUT2D eigenvalue weighted by molar-refractivity contribution is -0.119. The summed E-state index contributed by atoms with van der Waals surface area (Å²) in [6.07, 6.45) is 1.72. The molecule has 1 aromatic carbocycles. The number of carbonyl (C=O) groups is 1. The number of thioether (sulfide) groups is 1. The molecule has 1 atom stereocenters. The van der Waals surface area contributed by atoms with Gasteiger partial charge in [-0.3, -0.25) is 14.2 Å². The topological polar surface area (TPSA) is 76.9 Å². The van der Waals surface area contributed by atoms with Crippen LogP contribution in [0, 0.1) is 0 Å². The number of hydrogen-bond acceptors (Lipinski definition) is 6. The molecular weight excluding hydrogens is 440 g/mol. The Labute approximate surface area is 195 Å². The van der Waals surface area contributed by atoms with Crippen LogP contribution in [0.5, 0.6) is 0 Å². The van der Waals surface area contributed by atoms with Crippen LogP contribution in [0.2, 0.25) is 0 Å². The van der Waals surface area contributed by atoms with E-state index in [2.05, 4.69) is 29.4 Å². The van der Waals surface area contributed by atoms with E-state index < -0.39 is 0 Å². The van der Waals surface area contributed by atoms with Crippen LogP contribution in [0.4, 0.5) is 0 Å².